The first kappa shape index (κ1) is 41.7. The zero-order valence-electron chi connectivity index (χ0n) is 32.4. The molecule has 16 nitrogen and oxygen atoms in total. The van der Waals surface area contributed by atoms with Crippen LogP contribution < -0.4 is 19.8 Å². The summed E-state index contributed by atoms with van der Waals surface area (Å²) < 4.78 is 26.1. The second-order valence-corrected chi connectivity index (χ2v) is 21.5. The van der Waals surface area contributed by atoms with Crippen LogP contribution in [0.4, 0.5) is 0 Å². The Hall–Kier alpha value is -4.48. The van der Waals surface area contributed by atoms with E-state index in [1.807, 2.05) is 12.1 Å². The van der Waals surface area contributed by atoms with Crippen LogP contribution in [0, 0.1) is 11.8 Å². The average molecular weight is 789 g/mol. The van der Waals surface area contributed by atoms with Crippen molar-refractivity contribution in [2.45, 2.75) is 140 Å². The predicted octanol–water partition coefficient (Wildman–Crippen LogP) is 2.47. The SMILES string of the molecule is CC1CC[C@]23c4c5ccc(O[Si](C)(C)C(C)(C)C)c4O[C@H]2C(OC(=O)C[C@H](NC(=O)[C@H](C)O)C(=O)O)=CC[C@@]3(OC(=O)C[C@H](NC(=O)[C@H](C)O)C(=O)O)[C@H]1C5. The summed E-state index contributed by atoms with van der Waals surface area (Å²) in [6, 6.07) is 0.437. The second kappa shape index (κ2) is 14.9. The highest BCUT2D eigenvalue weighted by molar-refractivity contribution is 6.74. The lowest BCUT2D eigenvalue weighted by Gasteiger charge is -2.62. The Kier molecular flexibility index (Phi) is 11.3. The van der Waals surface area contributed by atoms with Gasteiger partial charge in [-0.2, -0.15) is 0 Å². The van der Waals surface area contributed by atoms with Crippen LogP contribution in [0.2, 0.25) is 18.1 Å². The normalized spacial score (nSPS) is 27.1. The van der Waals surface area contributed by atoms with E-state index < -0.39 is 98.3 Å². The average Bonchev–Trinajstić information content (AvgIpc) is 3.43. The largest absolute Gasteiger partial charge is 0.541 e. The van der Waals surface area contributed by atoms with Gasteiger partial charge in [-0.25, -0.2) is 9.59 Å². The molecular formula is C38H52N2O14Si. The molecule has 1 heterocycles. The predicted molar refractivity (Wildman–Crippen MR) is 195 cm³/mol. The smallest absolute Gasteiger partial charge is 0.326 e. The van der Waals surface area contributed by atoms with E-state index in [2.05, 4.69) is 51.4 Å². The molecular weight excluding hydrogens is 737 g/mol. The summed E-state index contributed by atoms with van der Waals surface area (Å²) in [5, 5.41) is 43.0. The molecule has 302 valence electrons. The Morgan fingerprint density at radius 2 is 1.51 bits per heavy atom. The number of benzene rings is 1. The Bertz CT molecular complexity index is 1800. The van der Waals surface area contributed by atoms with E-state index in [1.165, 1.54) is 6.92 Å². The van der Waals surface area contributed by atoms with Crippen LogP contribution in [-0.2, 0) is 50.1 Å². The van der Waals surface area contributed by atoms with E-state index >= 15 is 0 Å². The molecule has 0 radical (unpaired) electrons. The zero-order chi connectivity index (χ0) is 41.0. The number of carboxylic acids is 2. The Morgan fingerprint density at radius 1 is 0.945 bits per heavy atom. The number of esters is 2. The number of rotatable bonds is 14. The van der Waals surface area contributed by atoms with Crippen molar-refractivity contribution >= 4 is 44.0 Å². The number of ether oxygens (including phenoxy) is 3. The van der Waals surface area contributed by atoms with Crippen molar-refractivity contribution in [2.24, 2.45) is 11.8 Å². The summed E-state index contributed by atoms with van der Waals surface area (Å²) >= 11 is 0. The molecule has 1 aliphatic heterocycles. The third kappa shape index (κ3) is 7.45. The minimum absolute atomic E-state index is 0.0102. The second-order valence-electron chi connectivity index (χ2n) is 16.8. The molecule has 2 amide bonds. The fourth-order valence-corrected chi connectivity index (χ4v) is 9.24. The van der Waals surface area contributed by atoms with Gasteiger partial charge in [-0.3, -0.25) is 19.2 Å². The molecule has 6 N–H and O–H groups in total. The molecule has 9 atom stereocenters. The van der Waals surface area contributed by atoms with E-state index in [-0.39, 0.29) is 29.1 Å². The Labute approximate surface area is 320 Å². The Morgan fingerprint density at radius 3 is 2.04 bits per heavy atom. The molecule has 1 fully saturated rings. The molecule has 0 aromatic heterocycles. The van der Waals surface area contributed by atoms with Gasteiger partial charge in [-0.1, -0.05) is 33.8 Å². The summed E-state index contributed by atoms with van der Waals surface area (Å²) in [4.78, 5) is 75.9. The number of nitrogens with one attached hydrogen (secondary N) is 2. The summed E-state index contributed by atoms with van der Waals surface area (Å²) in [5.74, 6) is -6.26. The van der Waals surface area contributed by atoms with Crippen molar-refractivity contribution in [1.29, 1.82) is 0 Å². The van der Waals surface area contributed by atoms with Crippen molar-refractivity contribution in [3.05, 3.63) is 35.1 Å². The van der Waals surface area contributed by atoms with Gasteiger partial charge in [0.2, 0.25) is 11.8 Å². The van der Waals surface area contributed by atoms with Crippen LogP contribution in [-0.4, -0.2) is 100 Å². The van der Waals surface area contributed by atoms with Gasteiger partial charge in [0.15, 0.2) is 11.9 Å². The third-order valence-corrected chi connectivity index (χ3v) is 16.4. The monoisotopic (exact) mass is 788 g/mol. The molecule has 2 bridgehead atoms. The van der Waals surface area contributed by atoms with Crippen LogP contribution in [0.5, 0.6) is 11.5 Å². The van der Waals surface area contributed by atoms with Crippen LogP contribution in [0.1, 0.15) is 84.8 Å². The van der Waals surface area contributed by atoms with Gasteiger partial charge in [0.1, 0.15) is 41.4 Å². The lowest BCUT2D eigenvalue weighted by molar-refractivity contribution is -0.208. The van der Waals surface area contributed by atoms with Crippen LogP contribution in [0.3, 0.4) is 0 Å². The lowest BCUT2D eigenvalue weighted by Crippen LogP contribution is -2.70. The number of hydrogen-bond donors (Lipinski definition) is 6. The molecule has 1 unspecified atom stereocenters. The number of aliphatic hydroxyl groups excluding tert-OH is 2. The van der Waals surface area contributed by atoms with Gasteiger partial charge in [0.25, 0.3) is 8.32 Å². The van der Waals surface area contributed by atoms with Crippen LogP contribution in [0.25, 0.3) is 0 Å². The van der Waals surface area contributed by atoms with Gasteiger partial charge in [-0.05, 0) is 74.9 Å². The van der Waals surface area contributed by atoms with E-state index in [4.69, 9.17) is 18.6 Å². The van der Waals surface area contributed by atoms with Crippen molar-refractivity contribution < 1.29 is 67.8 Å². The van der Waals surface area contributed by atoms with Gasteiger partial charge >= 0.3 is 23.9 Å². The maximum atomic E-state index is 14.0. The van der Waals surface area contributed by atoms with Crippen molar-refractivity contribution in [2.75, 3.05) is 0 Å². The summed E-state index contributed by atoms with van der Waals surface area (Å²) in [7, 11) is -2.47. The molecule has 1 spiro atoms. The number of amides is 2. The van der Waals surface area contributed by atoms with Gasteiger partial charge in [0.05, 0.1) is 18.3 Å². The number of carbonyl (C=O) groups excluding carboxylic acids is 4. The van der Waals surface area contributed by atoms with Gasteiger partial charge in [0, 0.05) is 17.9 Å². The molecule has 0 saturated heterocycles. The fourth-order valence-electron chi connectivity index (χ4n) is 8.22. The highest BCUT2D eigenvalue weighted by Crippen LogP contribution is 2.70. The number of carboxylic acid groups (broad SMARTS) is 2. The molecule has 17 heteroatoms. The first-order valence-corrected chi connectivity index (χ1v) is 21.4. The minimum atomic E-state index is -2.47. The lowest BCUT2D eigenvalue weighted by atomic mass is 9.44. The standard InChI is InChI=1S/C38H52N2O14Si/c1-18-11-13-37-29-21-9-10-25(54-55(7,8)36(4,5)6)30(29)52-31(37)26(51-27(43)16-23(34(47)48)39-32(45)19(2)41)12-14-38(37,22(18)15-21)53-28(44)17-24(35(49)50)40-33(46)20(3)42/h9-10,12,18-20,22-24,31,41-42H,11,13-17H2,1-8H3,(H,39,45)(H,40,46)(H,47,48)(H,49,50)/t18?,19-,20-,22-,23-,24-,31-,37-,38+/m0/s1. The highest BCUT2D eigenvalue weighted by Gasteiger charge is 2.74. The van der Waals surface area contributed by atoms with Crippen molar-refractivity contribution in [3.8, 4) is 11.5 Å². The van der Waals surface area contributed by atoms with Gasteiger partial charge < -0.3 is 49.7 Å². The van der Waals surface area contributed by atoms with Crippen molar-refractivity contribution in [1.82, 2.24) is 10.6 Å². The van der Waals surface area contributed by atoms with Gasteiger partial charge in [-0.15, -0.1) is 0 Å². The fraction of sp³-hybridized carbons (Fsp3) is 0.632. The maximum Gasteiger partial charge on any atom is 0.326 e. The molecule has 55 heavy (non-hydrogen) atoms. The molecule has 4 aliphatic rings. The van der Waals surface area contributed by atoms with E-state index in [1.54, 1.807) is 6.08 Å². The van der Waals surface area contributed by atoms with E-state index in [0.717, 1.165) is 18.1 Å². The molecule has 3 aliphatic carbocycles. The minimum Gasteiger partial charge on any atom is -0.541 e. The summed E-state index contributed by atoms with van der Waals surface area (Å²) in [5.41, 5.74) is -0.859. The first-order valence-electron chi connectivity index (χ1n) is 18.5. The maximum absolute atomic E-state index is 14.0. The van der Waals surface area contributed by atoms with Crippen molar-refractivity contribution in [3.63, 3.8) is 0 Å². The summed E-state index contributed by atoms with van der Waals surface area (Å²) in [6.07, 6.45) is -2.54. The molecule has 1 saturated carbocycles. The molecule has 1 aromatic carbocycles. The number of hydrogen-bond acceptors (Lipinski definition) is 12. The number of carbonyl (C=O) groups is 6. The number of aliphatic carboxylic acids is 2. The van der Waals surface area contributed by atoms with Crippen LogP contribution >= 0.6 is 0 Å². The van der Waals surface area contributed by atoms with E-state index in [0.29, 0.717) is 30.8 Å². The highest BCUT2D eigenvalue weighted by atomic mass is 28.4. The quantitative estimate of drug-likeness (QED) is 0.117. The third-order valence-electron chi connectivity index (χ3n) is 12.1. The Balaban J connectivity index is 1.60. The summed E-state index contributed by atoms with van der Waals surface area (Å²) in [6.45, 7) is 14.8. The van der Waals surface area contributed by atoms with E-state index in [9.17, 15) is 49.2 Å². The molecule has 5 rings (SSSR count). The van der Waals surface area contributed by atoms with Crippen LogP contribution in [0.15, 0.2) is 24.0 Å². The zero-order valence-corrected chi connectivity index (χ0v) is 33.4. The number of aliphatic hydroxyl groups is 2. The molecule has 1 aromatic rings. The topological polar surface area (TPSA) is 244 Å². The first-order chi connectivity index (χ1) is 25.5.